The van der Waals surface area contributed by atoms with Gasteiger partial charge in [-0.2, -0.15) is 0 Å². The highest BCUT2D eigenvalue weighted by Gasteiger charge is 2.28. The van der Waals surface area contributed by atoms with E-state index in [0.717, 1.165) is 10.5 Å². The lowest BCUT2D eigenvalue weighted by molar-refractivity contribution is -0.138. The number of amides is 1. The molecule has 1 fully saturated rings. The van der Waals surface area contributed by atoms with Crippen molar-refractivity contribution in [2.45, 2.75) is 23.2 Å². The Morgan fingerprint density at radius 2 is 2.00 bits per heavy atom. The molecule has 132 valence electrons. The van der Waals surface area contributed by atoms with Crippen molar-refractivity contribution >= 4 is 29.3 Å². The molecule has 0 spiro atoms. The van der Waals surface area contributed by atoms with E-state index in [-0.39, 0.29) is 23.1 Å². The predicted octanol–water partition coefficient (Wildman–Crippen LogP) is 4.56. The van der Waals surface area contributed by atoms with Crippen LogP contribution in [0.15, 0.2) is 53.4 Å². The van der Waals surface area contributed by atoms with Crippen molar-refractivity contribution in [2.24, 2.45) is 0 Å². The molecule has 1 saturated heterocycles. The largest absolute Gasteiger partial charge is 0.370 e. The molecule has 1 amide bonds. The van der Waals surface area contributed by atoms with Gasteiger partial charge in [-0.1, -0.05) is 35.9 Å². The summed E-state index contributed by atoms with van der Waals surface area (Å²) in [6, 6.07) is 13.7. The molecule has 2 aromatic carbocycles. The molecule has 1 aliphatic rings. The summed E-state index contributed by atoms with van der Waals surface area (Å²) in [5, 5.41) is 0.408. The number of nitrogens with zero attached hydrogens (tertiary/aromatic N) is 1. The van der Waals surface area contributed by atoms with Crippen LogP contribution in [0.2, 0.25) is 5.02 Å². The molecule has 6 heteroatoms. The number of halogens is 2. The van der Waals surface area contributed by atoms with E-state index in [9.17, 15) is 9.18 Å². The lowest BCUT2D eigenvalue weighted by Gasteiger charge is -2.34. The average molecular weight is 380 g/mol. The van der Waals surface area contributed by atoms with Crippen molar-refractivity contribution in [3.63, 3.8) is 0 Å². The first-order valence-electron chi connectivity index (χ1n) is 8.11. The summed E-state index contributed by atoms with van der Waals surface area (Å²) in [4.78, 5) is 15.5. The Kier molecular flexibility index (Phi) is 5.99. The van der Waals surface area contributed by atoms with Crippen LogP contribution in [0, 0.1) is 5.82 Å². The maximum atomic E-state index is 13.1. The fourth-order valence-corrected chi connectivity index (χ4v) is 4.00. The summed E-state index contributed by atoms with van der Waals surface area (Å²) in [5.41, 5.74) is 0.880. The van der Waals surface area contributed by atoms with Gasteiger partial charge < -0.3 is 9.64 Å². The molecule has 2 unspecified atom stereocenters. The van der Waals surface area contributed by atoms with Gasteiger partial charge in [0.25, 0.3) is 0 Å². The first-order valence-corrected chi connectivity index (χ1v) is 9.37. The van der Waals surface area contributed by atoms with Crippen LogP contribution in [-0.2, 0) is 9.53 Å². The van der Waals surface area contributed by atoms with E-state index in [1.165, 1.54) is 23.9 Å². The van der Waals surface area contributed by atoms with Crippen molar-refractivity contribution in [1.29, 1.82) is 0 Å². The summed E-state index contributed by atoms with van der Waals surface area (Å²) in [7, 11) is 0. The normalized spacial score (nSPS) is 18.8. The summed E-state index contributed by atoms with van der Waals surface area (Å²) >= 11 is 7.64. The summed E-state index contributed by atoms with van der Waals surface area (Å²) in [6.45, 7) is 3.39. The third-order valence-corrected chi connectivity index (χ3v) is 5.71. The van der Waals surface area contributed by atoms with Gasteiger partial charge in [-0.05, 0) is 36.8 Å². The Morgan fingerprint density at radius 3 is 2.72 bits per heavy atom. The van der Waals surface area contributed by atoms with E-state index < -0.39 is 0 Å². The highest BCUT2D eigenvalue weighted by atomic mass is 35.5. The Hall–Kier alpha value is -1.56. The second-order valence-electron chi connectivity index (χ2n) is 5.89. The molecule has 2 aromatic rings. The predicted molar refractivity (Wildman–Crippen MR) is 98.4 cm³/mol. The van der Waals surface area contributed by atoms with E-state index in [0.29, 0.717) is 24.7 Å². The van der Waals surface area contributed by atoms with E-state index in [1.807, 2.05) is 36.1 Å². The fraction of sp³-hybridized carbons (Fsp3) is 0.316. The number of morpholine rings is 1. The van der Waals surface area contributed by atoms with Crippen LogP contribution in [0.4, 0.5) is 4.39 Å². The van der Waals surface area contributed by atoms with Crippen molar-refractivity contribution in [3.05, 3.63) is 64.9 Å². The van der Waals surface area contributed by atoms with Gasteiger partial charge in [0.15, 0.2) is 0 Å². The van der Waals surface area contributed by atoms with Gasteiger partial charge in [-0.25, -0.2) is 4.39 Å². The number of hydrogen-bond donors (Lipinski definition) is 0. The summed E-state index contributed by atoms with van der Waals surface area (Å²) in [6.07, 6.45) is -0.226. The molecule has 0 N–H and O–H groups in total. The number of carbonyl (C=O) groups excluding carboxylic acids is 1. The number of rotatable bonds is 4. The first-order chi connectivity index (χ1) is 12.0. The lowest BCUT2D eigenvalue weighted by Crippen LogP contribution is -2.45. The molecule has 0 saturated carbocycles. The second-order valence-corrected chi connectivity index (χ2v) is 7.68. The van der Waals surface area contributed by atoms with Gasteiger partial charge in [-0.3, -0.25) is 4.79 Å². The molecule has 25 heavy (non-hydrogen) atoms. The Bertz CT molecular complexity index is 740. The molecular formula is C19H19ClFNO2S. The summed E-state index contributed by atoms with van der Waals surface area (Å²) in [5.74, 6) is -0.224. The fourth-order valence-electron chi connectivity index (χ4n) is 2.77. The lowest BCUT2D eigenvalue weighted by atomic mass is 10.1. The standard InChI is InChI=1S/C19H19ClFNO2S/c1-13(25-18-5-3-2-4-16(18)20)19(23)22-10-11-24-17(12-22)14-6-8-15(21)9-7-14/h2-9,13,17H,10-12H2,1H3. The maximum absolute atomic E-state index is 13.1. The van der Waals surface area contributed by atoms with E-state index in [4.69, 9.17) is 16.3 Å². The zero-order valence-corrected chi connectivity index (χ0v) is 15.4. The van der Waals surface area contributed by atoms with Crippen LogP contribution in [0.5, 0.6) is 0 Å². The average Bonchev–Trinajstić information content (AvgIpc) is 2.63. The number of hydrogen-bond acceptors (Lipinski definition) is 3. The zero-order valence-electron chi connectivity index (χ0n) is 13.8. The smallest absolute Gasteiger partial charge is 0.235 e. The van der Waals surface area contributed by atoms with Crippen molar-refractivity contribution in [1.82, 2.24) is 4.90 Å². The van der Waals surface area contributed by atoms with Crippen molar-refractivity contribution in [2.75, 3.05) is 19.7 Å². The van der Waals surface area contributed by atoms with Crippen LogP contribution >= 0.6 is 23.4 Å². The van der Waals surface area contributed by atoms with E-state index in [1.54, 1.807) is 12.1 Å². The molecule has 0 bridgehead atoms. The minimum Gasteiger partial charge on any atom is -0.370 e. The second kappa shape index (κ2) is 8.21. The van der Waals surface area contributed by atoms with Gasteiger partial charge in [0.2, 0.25) is 5.91 Å². The Balaban J connectivity index is 1.65. The van der Waals surface area contributed by atoms with Gasteiger partial charge in [0.1, 0.15) is 11.9 Å². The van der Waals surface area contributed by atoms with Crippen molar-refractivity contribution < 1.29 is 13.9 Å². The summed E-state index contributed by atoms with van der Waals surface area (Å²) < 4.78 is 18.8. The number of carbonyl (C=O) groups is 1. The molecular weight excluding hydrogens is 361 g/mol. The highest BCUT2D eigenvalue weighted by Crippen LogP contribution is 2.31. The van der Waals surface area contributed by atoms with Crippen LogP contribution in [0.3, 0.4) is 0 Å². The van der Waals surface area contributed by atoms with E-state index in [2.05, 4.69) is 0 Å². The quantitative estimate of drug-likeness (QED) is 0.729. The number of benzene rings is 2. The van der Waals surface area contributed by atoms with Gasteiger partial charge in [0, 0.05) is 11.4 Å². The highest BCUT2D eigenvalue weighted by molar-refractivity contribution is 8.00. The molecule has 1 heterocycles. The third-order valence-electron chi connectivity index (χ3n) is 4.11. The minimum atomic E-state index is -0.280. The Labute approximate surface area is 156 Å². The Morgan fingerprint density at radius 1 is 1.28 bits per heavy atom. The van der Waals surface area contributed by atoms with Crippen LogP contribution in [-0.4, -0.2) is 35.8 Å². The number of ether oxygens (including phenoxy) is 1. The van der Waals surface area contributed by atoms with E-state index >= 15 is 0 Å². The third kappa shape index (κ3) is 4.54. The molecule has 0 radical (unpaired) electrons. The van der Waals surface area contributed by atoms with Crippen LogP contribution in [0.1, 0.15) is 18.6 Å². The maximum Gasteiger partial charge on any atom is 0.235 e. The SMILES string of the molecule is CC(Sc1ccccc1Cl)C(=O)N1CCOC(c2ccc(F)cc2)C1. The number of thioether (sulfide) groups is 1. The van der Waals surface area contributed by atoms with Crippen LogP contribution in [0.25, 0.3) is 0 Å². The first kappa shape index (κ1) is 18.2. The molecule has 2 atom stereocenters. The van der Waals surface area contributed by atoms with Gasteiger partial charge >= 0.3 is 0 Å². The monoisotopic (exact) mass is 379 g/mol. The molecule has 0 aliphatic carbocycles. The molecule has 0 aromatic heterocycles. The topological polar surface area (TPSA) is 29.5 Å². The minimum absolute atomic E-state index is 0.0559. The zero-order chi connectivity index (χ0) is 17.8. The van der Waals surface area contributed by atoms with Gasteiger partial charge in [0.05, 0.1) is 23.4 Å². The molecule has 3 rings (SSSR count). The van der Waals surface area contributed by atoms with Crippen molar-refractivity contribution in [3.8, 4) is 0 Å². The van der Waals surface area contributed by atoms with Gasteiger partial charge in [-0.15, -0.1) is 11.8 Å². The molecule has 3 nitrogen and oxygen atoms in total. The molecule has 1 aliphatic heterocycles. The van der Waals surface area contributed by atoms with Crippen LogP contribution < -0.4 is 0 Å².